The molecule has 1 aromatic heterocycles. The van der Waals surface area contributed by atoms with Gasteiger partial charge in [-0.05, 0) is 18.4 Å². The van der Waals surface area contributed by atoms with Crippen molar-refractivity contribution in [2.24, 2.45) is 10.9 Å². The number of hydrogen-bond donors (Lipinski definition) is 3. The Morgan fingerprint density at radius 2 is 1.94 bits per heavy atom. The molecule has 3 N–H and O–H groups in total. The van der Waals surface area contributed by atoms with Crippen molar-refractivity contribution >= 4 is 35.9 Å². The van der Waals surface area contributed by atoms with Crippen LogP contribution in [0.4, 0.5) is 19.1 Å². The first-order valence-corrected chi connectivity index (χ1v) is 10.2. The number of morpholine rings is 1. The van der Waals surface area contributed by atoms with Gasteiger partial charge in [-0.1, -0.05) is 13.8 Å². The average molecular weight is 559 g/mol. The predicted molar refractivity (Wildman–Crippen MR) is 126 cm³/mol. The second-order valence-electron chi connectivity index (χ2n) is 7.50. The Morgan fingerprint density at radius 1 is 1.23 bits per heavy atom. The van der Waals surface area contributed by atoms with Crippen LogP contribution >= 0.6 is 24.0 Å². The van der Waals surface area contributed by atoms with Crippen molar-refractivity contribution in [3.63, 3.8) is 0 Å². The van der Waals surface area contributed by atoms with Crippen molar-refractivity contribution in [3.8, 4) is 0 Å². The molecule has 1 saturated heterocycles. The van der Waals surface area contributed by atoms with Crippen LogP contribution in [-0.2, 0) is 10.9 Å². The van der Waals surface area contributed by atoms with Gasteiger partial charge in [-0.3, -0.25) is 9.89 Å². The van der Waals surface area contributed by atoms with Crippen LogP contribution in [-0.4, -0.2) is 79.9 Å². The van der Waals surface area contributed by atoms with E-state index in [2.05, 4.69) is 49.7 Å². The van der Waals surface area contributed by atoms with Crippen molar-refractivity contribution in [1.82, 2.24) is 25.5 Å². The van der Waals surface area contributed by atoms with Crippen LogP contribution in [0.1, 0.15) is 26.0 Å². The third-order valence-electron chi connectivity index (χ3n) is 4.68. The van der Waals surface area contributed by atoms with Gasteiger partial charge in [0.25, 0.3) is 0 Å². The van der Waals surface area contributed by atoms with E-state index in [4.69, 9.17) is 4.74 Å². The van der Waals surface area contributed by atoms with Crippen molar-refractivity contribution in [3.05, 3.63) is 18.0 Å². The molecule has 1 fully saturated rings. The normalized spacial score (nSPS) is 16.5. The number of ether oxygens (including phenoxy) is 1. The number of alkyl halides is 3. The molecule has 31 heavy (non-hydrogen) atoms. The van der Waals surface area contributed by atoms with Crippen LogP contribution in [0.3, 0.4) is 0 Å². The zero-order valence-electron chi connectivity index (χ0n) is 18.2. The summed E-state index contributed by atoms with van der Waals surface area (Å²) < 4.78 is 43.6. The summed E-state index contributed by atoms with van der Waals surface area (Å²) in [7, 11) is 1.69. The first-order valence-electron chi connectivity index (χ1n) is 10.2. The lowest BCUT2D eigenvalue weighted by Crippen LogP contribution is -2.51. The lowest BCUT2D eigenvalue weighted by atomic mass is 10.0. The number of aromatic nitrogens is 2. The van der Waals surface area contributed by atoms with Crippen LogP contribution in [0.25, 0.3) is 0 Å². The molecule has 8 nitrogen and oxygen atoms in total. The van der Waals surface area contributed by atoms with Gasteiger partial charge in [0.05, 0.1) is 13.2 Å². The highest BCUT2D eigenvalue weighted by Gasteiger charge is 2.32. The maximum atomic E-state index is 12.7. The summed E-state index contributed by atoms with van der Waals surface area (Å²) in [6, 6.07) is 1.22. The van der Waals surface area contributed by atoms with E-state index in [0.29, 0.717) is 31.0 Å². The first-order chi connectivity index (χ1) is 14.3. The van der Waals surface area contributed by atoms with Gasteiger partial charge >= 0.3 is 6.18 Å². The third-order valence-corrected chi connectivity index (χ3v) is 4.68. The molecule has 0 aromatic carbocycles. The van der Waals surface area contributed by atoms with E-state index in [-0.39, 0.29) is 29.9 Å². The molecule has 0 amide bonds. The fourth-order valence-electron chi connectivity index (χ4n) is 3.24. The van der Waals surface area contributed by atoms with Crippen LogP contribution in [0, 0.1) is 5.92 Å². The molecule has 0 radical (unpaired) electrons. The summed E-state index contributed by atoms with van der Waals surface area (Å²) in [5.74, 6) is 1.16. The minimum absolute atomic E-state index is 0. The van der Waals surface area contributed by atoms with Crippen molar-refractivity contribution in [2.45, 2.75) is 32.5 Å². The molecule has 1 atom stereocenters. The number of anilines is 1. The van der Waals surface area contributed by atoms with E-state index in [0.717, 1.165) is 51.5 Å². The molecule has 1 aliphatic heterocycles. The molecule has 0 spiro atoms. The van der Waals surface area contributed by atoms with Gasteiger partial charge in [-0.25, -0.2) is 9.97 Å². The van der Waals surface area contributed by atoms with Gasteiger partial charge in [0.15, 0.2) is 5.96 Å². The molecule has 1 unspecified atom stereocenters. The van der Waals surface area contributed by atoms with Gasteiger partial charge in [0.2, 0.25) is 5.95 Å². The van der Waals surface area contributed by atoms with Gasteiger partial charge in [-0.15, -0.1) is 24.0 Å². The minimum atomic E-state index is -4.49. The Bertz CT molecular complexity index is 670. The summed E-state index contributed by atoms with van der Waals surface area (Å²) in [5.41, 5.74) is -0.968. The quantitative estimate of drug-likeness (QED) is 0.186. The predicted octanol–water partition coefficient (Wildman–Crippen LogP) is 2.44. The summed E-state index contributed by atoms with van der Waals surface area (Å²) in [6.07, 6.45) is -2.33. The van der Waals surface area contributed by atoms with E-state index in [1.54, 1.807) is 7.05 Å². The first kappa shape index (κ1) is 27.6. The van der Waals surface area contributed by atoms with Crippen molar-refractivity contribution in [1.29, 1.82) is 0 Å². The molecule has 12 heteroatoms. The molecular weight excluding hydrogens is 526 g/mol. The standard InChI is InChI=1S/C19H32F3N7O.HI/c1-14(2)12-15(29-8-10-30-11-9-29)13-27-17(23-3)25-6-7-26-18-24-5-4-16(28-18)19(20,21)22;/h4-5,14-15H,6-13H2,1-3H3,(H2,23,25,27)(H,24,26,28);1H. The Balaban J connectivity index is 0.00000480. The number of halogens is 4. The average Bonchev–Trinajstić information content (AvgIpc) is 2.72. The number of hydrogen-bond acceptors (Lipinski definition) is 6. The molecule has 0 aliphatic carbocycles. The van der Waals surface area contributed by atoms with Gasteiger partial charge in [0, 0.05) is 52.0 Å². The van der Waals surface area contributed by atoms with E-state index in [1.807, 2.05) is 0 Å². The van der Waals surface area contributed by atoms with Crippen LogP contribution in [0.2, 0.25) is 0 Å². The highest BCUT2D eigenvalue weighted by atomic mass is 127. The molecule has 2 rings (SSSR count). The summed E-state index contributed by atoms with van der Waals surface area (Å²) in [4.78, 5) is 14.0. The Labute approximate surface area is 198 Å². The SMILES string of the molecule is CN=C(NCCNc1nccc(C(F)(F)F)n1)NCC(CC(C)C)N1CCOCC1.I. The van der Waals surface area contributed by atoms with Crippen molar-refractivity contribution < 1.29 is 17.9 Å². The fraction of sp³-hybridized carbons (Fsp3) is 0.737. The zero-order chi connectivity index (χ0) is 22.0. The molecule has 178 valence electrons. The van der Waals surface area contributed by atoms with Gasteiger partial charge in [0.1, 0.15) is 5.69 Å². The molecule has 2 heterocycles. The maximum absolute atomic E-state index is 12.7. The number of nitrogens with one attached hydrogen (secondary N) is 3. The monoisotopic (exact) mass is 559 g/mol. The smallest absolute Gasteiger partial charge is 0.379 e. The number of nitrogens with zero attached hydrogens (tertiary/aromatic N) is 4. The molecule has 0 bridgehead atoms. The third kappa shape index (κ3) is 10.2. The van der Waals surface area contributed by atoms with E-state index < -0.39 is 11.9 Å². The number of guanidine groups is 1. The highest BCUT2D eigenvalue weighted by molar-refractivity contribution is 14.0. The molecule has 0 saturated carbocycles. The lowest BCUT2D eigenvalue weighted by molar-refractivity contribution is -0.141. The Morgan fingerprint density at radius 3 is 2.55 bits per heavy atom. The second kappa shape index (κ2) is 13.9. The van der Waals surface area contributed by atoms with E-state index >= 15 is 0 Å². The van der Waals surface area contributed by atoms with Gasteiger partial charge < -0.3 is 20.7 Å². The molecule has 1 aliphatic rings. The zero-order valence-corrected chi connectivity index (χ0v) is 20.5. The lowest BCUT2D eigenvalue weighted by Gasteiger charge is -2.35. The summed E-state index contributed by atoms with van der Waals surface area (Å²) in [5, 5.41) is 9.29. The van der Waals surface area contributed by atoms with Gasteiger partial charge in [-0.2, -0.15) is 13.2 Å². The fourth-order valence-corrected chi connectivity index (χ4v) is 3.24. The number of rotatable bonds is 9. The van der Waals surface area contributed by atoms with Crippen molar-refractivity contribution in [2.75, 3.05) is 58.3 Å². The van der Waals surface area contributed by atoms with E-state index in [1.165, 1.54) is 0 Å². The Kier molecular flexibility index (Phi) is 12.4. The highest BCUT2D eigenvalue weighted by Crippen LogP contribution is 2.27. The maximum Gasteiger partial charge on any atom is 0.433 e. The largest absolute Gasteiger partial charge is 0.433 e. The summed E-state index contributed by atoms with van der Waals surface area (Å²) in [6.45, 7) is 9.33. The van der Waals surface area contributed by atoms with Crippen LogP contribution in [0.15, 0.2) is 17.3 Å². The topological polar surface area (TPSA) is 86.7 Å². The minimum Gasteiger partial charge on any atom is -0.379 e. The summed E-state index contributed by atoms with van der Waals surface area (Å²) >= 11 is 0. The Hall–Kier alpha value is -1.41. The molecular formula is C19H33F3IN7O. The molecule has 1 aromatic rings. The van der Waals surface area contributed by atoms with Crippen LogP contribution in [0.5, 0.6) is 0 Å². The number of aliphatic imine (C=N–C) groups is 1. The van der Waals surface area contributed by atoms with Crippen LogP contribution < -0.4 is 16.0 Å². The van der Waals surface area contributed by atoms with E-state index in [9.17, 15) is 13.2 Å². The second-order valence-corrected chi connectivity index (χ2v) is 7.50.